The summed E-state index contributed by atoms with van der Waals surface area (Å²) in [4.78, 5) is 23.8. The average Bonchev–Trinajstić information content (AvgIpc) is 2.91. The summed E-state index contributed by atoms with van der Waals surface area (Å²) in [5.41, 5.74) is 6.73. The van der Waals surface area contributed by atoms with Gasteiger partial charge in [0.1, 0.15) is 12.2 Å². The lowest BCUT2D eigenvalue weighted by atomic mass is 10.0. The Bertz CT molecular complexity index is 705. The molecule has 0 bridgehead atoms. The summed E-state index contributed by atoms with van der Waals surface area (Å²) < 4.78 is 1.45. The maximum Gasteiger partial charge on any atom is 0.252 e. The number of benzene rings is 1. The van der Waals surface area contributed by atoms with E-state index in [4.69, 9.17) is 5.73 Å². The van der Waals surface area contributed by atoms with Gasteiger partial charge in [0.05, 0.1) is 5.56 Å². The summed E-state index contributed by atoms with van der Waals surface area (Å²) in [6, 6.07) is 9.29. The summed E-state index contributed by atoms with van der Waals surface area (Å²) >= 11 is 0. The molecule has 0 aliphatic rings. The summed E-state index contributed by atoms with van der Waals surface area (Å²) in [6.07, 6.45) is 2.34. The van der Waals surface area contributed by atoms with Crippen LogP contribution in [0.25, 0.3) is 11.3 Å². The third-order valence-electron chi connectivity index (χ3n) is 3.74. The van der Waals surface area contributed by atoms with Gasteiger partial charge in [0.2, 0.25) is 5.91 Å². The van der Waals surface area contributed by atoms with E-state index in [0.717, 1.165) is 12.0 Å². The van der Waals surface area contributed by atoms with Crippen LogP contribution in [0.5, 0.6) is 0 Å². The predicted octanol–water partition coefficient (Wildman–Crippen LogP) is 1.95. The number of hydrogen-bond acceptors (Lipinski definition) is 3. The monoisotopic (exact) mass is 314 g/mol. The normalized spacial score (nSPS) is 11.3. The first-order valence-corrected chi connectivity index (χ1v) is 7.56. The van der Waals surface area contributed by atoms with Gasteiger partial charge in [-0.15, -0.1) is 0 Å². The molecule has 0 aliphatic heterocycles. The van der Waals surface area contributed by atoms with Crippen LogP contribution in [0.2, 0.25) is 0 Å². The van der Waals surface area contributed by atoms with Gasteiger partial charge in [-0.25, -0.2) is 0 Å². The molecular formula is C17H22N4O2. The van der Waals surface area contributed by atoms with Crippen LogP contribution in [0.1, 0.15) is 37.6 Å². The summed E-state index contributed by atoms with van der Waals surface area (Å²) in [6.45, 7) is 5.96. The minimum absolute atomic E-state index is 0.0382. The zero-order valence-electron chi connectivity index (χ0n) is 13.7. The molecule has 2 amide bonds. The number of carbonyl (C=O) groups excluding carboxylic acids is 2. The Morgan fingerprint density at radius 2 is 1.91 bits per heavy atom. The van der Waals surface area contributed by atoms with Gasteiger partial charge in [-0.05, 0) is 20.3 Å². The van der Waals surface area contributed by atoms with Crippen molar-refractivity contribution in [2.45, 2.75) is 39.3 Å². The van der Waals surface area contributed by atoms with Crippen LogP contribution in [-0.2, 0) is 11.3 Å². The Morgan fingerprint density at radius 1 is 1.26 bits per heavy atom. The maximum absolute atomic E-state index is 12.1. The molecule has 2 rings (SSSR count). The molecule has 1 aromatic carbocycles. The van der Waals surface area contributed by atoms with Crippen molar-refractivity contribution >= 4 is 11.8 Å². The van der Waals surface area contributed by atoms with Crippen LogP contribution >= 0.6 is 0 Å². The molecule has 6 heteroatoms. The Kier molecular flexibility index (Phi) is 4.83. The second-order valence-electron chi connectivity index (χ2n) is 6.10. The molecule has 2 aromatic rings. The van der Waals surface area contributed by atoms with E-state index in [2.05, 4.69) is 10.4 Å². The highest BCUT2D eigenvalue weighted by molar-refractivity contribution is 5.98. The summed E-state index contributed by atoms with van der Waals surface area (Å²) in [5.74, 6) is -0.723. The summed E-state index contributed by atoms with van der Waals surface area (Å²) in [7, 11) is 0. The Hall–Kier alpha value is -2.63. The van der Waals surface area contributed by atoms with Crippen LogP contribution in [0, 0.1) is 0 Å². The van der Waals surface area contributed by atoms with Crippen molar-refractivity contribution in [2.24, 2.45) is 5.73 Å². The quantitative estimate of drug-likeness (QED) is 0.854. The number of aromatic nitrogens is 2. The molecule has 3 N–H and O–H groups in total. The summed E-state index contributed by atoms with van der Waals surface area (Å²) in [5, 5.41) is 7.29. The van der Waals surface area contributed by atoms with E-state index in [0.29, 0.717) is 11.3 Å². The average molecular weight is 314 g/mol. The van der Waals surface area contributed by atoms with Crippen molar-refractivity contribution in [3.05, 3.63) is 42.1 Å². The Morgan fingerprint density at radius 3 is 2.48 bits per heavy atom. The van der Waals surface area contributed by atoms with Crippen LogP contribution in [0.15, 0.2) is 36.5 Å². The number of nitrogens with zero attached hydrogens (tertiary/aromatic N) is 2. The first-order chi connectivity index (χ1) is 10.8. The highest BCUT2D eigenvalue weighted by atomic mass is 16.2. The van der Waals surface area contributed by atoms with E-state index < -0.39 is 5.91 Å². The second kappa shape index (κ2) is 6.64. The van der Waals surface area contributed by atoms with Crippen molar-refractivity contribution in [2.75, 3.05) is 0 Å². The van der Waals surface area contributed by atoms with Crippen LogP contribution in [0.3, 0.4) is 0 Å². The molecule has 0 radical (unpaired) electrons. The number of primary amides is 1. The van der Waals surface area contributed by atoms with Gasteiger partial charge >= 0.3 is 0 Å². The predicted molar refractivity (Wildman–Crippen MR) is 88.7 cm³/mol. The van der Waals surface area contributed by atoms with Gasteiger partial charge in [0.25, 0.3) is 5.91 Å². The molecule has 6 nitrogen and oxygen atoms in total. The first kappa shape index (κ1) is 16.7. The van der Waals surface area contributed by atoms with Gasteiger partial charge in [-0.1, -0.05) is 37.3 Å². The molecule has 0 unspecified atom stereocenters. The van der Waals surface area contributed by atoms with Crippen molar-refractivity contribution in [3.8, 4) is 11.3 Å². The lowest BCUT2D eigenvalue weighted by molar-refractivity contribution is -0.123. The number of carbonyl (C=O) groups is 2. The molecule has 1 aromatic heterocycles. The number of nitrogens with one attached hydrogen (secondary N) is 1. The van der Waals surface area contributed by atoms with Crippen LogP contribution < -0.4 is 11.1 Å². The van der Waals surface area contributed by atoms with Crippen LogP contribution in [0.4, 0.5) is 0 Å². The molecule has 0 saturated carbocycles. The molecule has 0 spiro atoms. The highest BCUT2D eigenvalue weighted by Crippen LogP contribution is 2.21. The molecule has 0 fully saturated rings. The van der Waals surface area contributed by atoms with E-state index >= 15 is 0 Å². The van der Waals surface area contributed by atoms with E-state index in [1.54, 1.807) is 0 Å². The Labute approximate surface area is 135 Å². The zero-order chi connectivity index (χ0) is 17.0. The van der Waals surface area contributed by atoms with Crippen molar-refractivity contribution in [1.29, 1.82) is 0 Å². The van der Waals surface area contributed by atoms with E-state index in [1.807, 2.05) is 51.1 Å². The van der Waals surface area contributed by atoms with E-state index in [1.165, 1.54) is 10.9 Å². The molecule has 0 atom stereocenters. The van der Waals surface area contributed by atoms with E-state index in [-0.39, 0.29) is 18.0 Å². The molecule has 122 valence electrons. The van der Waals surface area contributed by atoms with Gasteiger partial charge < -0.3 is 11.1 Å². The lowest BCUT2D eigenvalue weighted by Crippen LogP contribution is -2.44. The number of rotatable bonds is 6. The molecule has 1 heterocycles. The highest BCUT2D eigenvalue weighted by Gasteiger charge is 2.20. The fraction of sp³-hybridized carbons (Fsp3) is 0.353. The van der Waals surface area contributed by atoms with Crippen molar-refractivity contribution in [1.82, 2.24) is 15.1 Å². The standard InChI is InChI=1S/C17H22N4O2/c1-4-17(2,3)19-14(22)11-21-10-13(16(18)23)15(20-21)12-8-6-5-7-9-12/h5-10H,4,11H2,1-3H3,(H2,18,23)(H,19,22). The molecule has 23 heavy (non-hydrogen) atoms. The minimum atomic E-state index is -0.565. The van der Waals surface area contributed by atoms with Gasteiger partial charge in [-0.3, -0.25) is 14.3 Å². The molecular weight excluding hydrogens is 292 g/mol. The fourth-order valence-electron chi connectivity index (χ4n) is 2.14. The maximum atomic E-state index is 12.1. The topological polar surface area (TPSA) is 90.0 Å². The molecule has 0 saturated heterocycles. The fourth-order valence-corrected chi connectivity index (χ4v) is 2.14. The van der Waals surface area contributed by atoms with Gasteiger partial charge in [0.15, 0.2) is 0 Å². The minimum Gasteiger partial charge on any atom is -0.365 e. The largest absolute Gasteiger partial charge is 0.365 e. The van der Waals surface area contributed by atoms with E-state index in [9.17, 15) is 9.59 Å². The number of nitrogens with two attached hydrogens (primary N) is 1. The molecule has 0 aliphatic carbocycles. The van der Waals surface area contributed by atoms with Crippen molar-refractivity contribution in [3.63, 3.8) is 0 Å². The zero-order valence-corrected chi connectivity index (χ0v) is 13.7. The smallest absolute Gasteiger partial charge is 0.252 e. The van der Waals surface area contributed by atoms with Crippen molar-refractivity contribution < 1.29 is 9.59 Å². The number of hydrogen-bond donors (Lipinski definition) is 2. The van der Waals surface area contributed by atoms with Gasteiger partial charge in [-0.2, -0.15) is 5.10 Å². The number of amides is 2. The first-order valence-electron chi connectivity index (χ1n) is 7.56. The Balaban J connectivity index is 2.25. The SMILES string of the molecule is CCC(C)(C)NC(=O)Cn1cc(C(N)=O)c(-c2ccccc2)n1. The third kappa shape index (κ3) is 4.18. The lowest BCUT2D eigenvalue weighted by Gasteiger charge is -2.24. The second-order valence-corrected chi connectivity index (χ2v) is 6.10. The van der Waals surface area contributed by atoms with Crippen LogP contribution in [-0.4, -0.2) is 27.1 Å². The van der Waals surface area contributed by atoms with Gasteiger partial charge in [0, 0.05) is 17.3 Å². The third-order valence-corrected chi connectivity index (χ3v) is 3.74.